The Labute approximate surface area is 157 Å². The number of rotatable bonds is 5. The van der Waals surface area contributed by atoms with E-state index in [9.17, 15) is 27.5 Å². The molecule has 4 nitrogen and oxygen atoms in total. The maximum Gasteiger partial charge on any atom is 0.419 e. The number of halogens is 4. The molecule has 0 aliphatic heterocycles. The SMILES string of the molecule is CCC(Oc1ccc2cc(C(=O)[O-])cnc2c1)c1ccc(F)c(C(F)(F)F)c1. The van der Waals surface area contributed by atoms with Gasteiger partial charge in [-0.2, -0.15) is 13.2 Å². The molecule has 8 heteroatoms. The van der Waals surface area contributed by atoms with Crippen LogP contribution in [-0.4, -0.2) is 11.0 Å². The molecule has 0 spiro atoms. The van der Waals surface area contributed by atoms with E-state index in [1.807, 2.05) is 0 Å². The summed E-state index contributed by atoms with van der Waals surface area (Å²) in [5.41, 5.74) is -0.773. The van der Waals surface area contributed by atoms with Gasteiger partial charge in [-0.3, -0.25) is 4.98 Å². The number of hydrogen-bond donors (Lipinski definition) is 0. The summed E-state index contributed by atoms with van der Waals surface area (Å²) >= 11 is 0. The van der Waals surface area contributed by atoms with Crippen molar-refractivity contribution in [1.29, 1.82) is 0 Å². The fourth-order valence-corrected chi connectivity index (χ4v) is 2.80. The third-order valence-corrected chi connectivity index (χ3v) is 4.21. The van der Waals surface area contributed by atoms with Gasteiger partial charge in [-0.05, 0) is 42.3 Å². The fourth-order valence-electron chi connectivity index (χ4n) is 2.80. The van der Waals surface area contributed by atoms with E-state index in [0.717, 1.165) is 18.3 Å². The van der Waals surface area contributed by atoms with Crippen LogP contribution in [0.15, 0.2) is 48.7 Å². The minimum Gasteiger partial charge on any atom is -0.545 e. The van der Waals surface area contributed by atoms with E-state index in [1.165, 1.54) is 12.1 Å². The first-order valence-corrected chi connectivity index (χ1v) is 8.33. The van der Waals surface area contributed by atoms with Crippen molar-refractivity contribution in [3.63, 3.8) is 0 Å². The second kappa shape index (κ2) is 7.46. The topological polar surface area (TPSA) is 62.2 Å². The lowest BCUT2D eigenvalue weighted by atomic mass is 10.0. The molecule has 3 rings (SSSR count). The molecule has 28 heavy (non-hydrogen) atoms. The van der Waals surface area contributed by atoms with Gasteiger partial charge in [-0.15, -0.1) is 0 Å². The molecule has 0 radical (unpaired) electrons. The number of carboxylic acid groups (broad SMARTS) is 1. The summed E-state index contributed by atoms with van der Waals surface area (Å²) in [6.45, 7) is 1.73. The van der Waals surface area contributed by atoms with Gasteiger partial charge in [-0.1, -0.05) is 13.0 Å². The van der Waals surface area contributed by atoms with Gasteiger partial charge in [0.05, 0.1) is 17.0 Å². The van der Waals surface area contributed by atoms with Crippen LogP contribution in [0.3, 0.4) is 0 Å². The van der Waals surface area contributed by atoms with Crippen LogP contribution in [0.1, 0.15) is 40.9 Å². The lowest BCUT2D eigenvalue weighted by Gasteiger charge is -2.20. The zero-order valence-corrected chi connectivity index (χ0v) is 14.6. The van der Waals surface area contributed by atoms with Gasteiger partial charge in [-0.25, -0.2) is 4.39 Å². The minimum atomic E-state index is -4.80. The molecule has 1 unspecified atom stereocenters. The van der Waals surface area contributed by atoms with Crippen molar-refractivity contribution in [2.45, 2.75) is 25.6 Å². The normalized spacial score (nSPS) is 12.8. The van der Waals surface area contributed by atoms with Crippen LogP contribution in [0.25, 0.3) is 10.9 Å². The molecule has 0 amide bonds. The summed E-state index contributed by atoms with van der Waals surface area (Å²) in [5.74, 6) is -2.35. The second-order valence-electron chi connectivity index (χ2n) is 6.12. The van der Waals surface area contributed by atoms with Crippen LogP contribution >= 0.6 is 0 Å². The number of nitrogens with zero attached hydrogens (tertiary/aromatic N) is 1. The molecule has 2 aromatic carbocycles. The molecule has 1 atom stereocenters. The summed E-state index contributed by atoms with van der Waals surface area (Å²) in [6.07, 6.45) is -4.05. The Kier molecular flexibility index (Phi) is 5.22. The highest BCUT2D eigenvalue weighted by Gasteiger charge is 2.34. The van der Waals surface area contributed by atoms with Crippen molar-refractivity contribution < 1.29 is 32.2 Å². The minimum absolute atomic E-state index is 0.0707. The maximum atomic E-state index is 13.5. The number of carboxylic acids is 1. The molecule has 0 fully saturated rings. The van der Waals surface area contributed by atoms with Gasteiger partial charge in [0, 0.05) is 23.2 Å². The number of alkyl halides is 3. The molecule has 3 aromatic rings. The number of aromatic nitrogens is 1. The second-order valence-corrected chi connectivity index (χ2v) is 6.12. The maximum absolute atomic E-state index is 13.5. The lowest BCUT2D eigenvalue weighted by Crippen LogP contribution is -2.22. The van der Waals surface area contributed by atoms with Crippen LogP contribution in [0.4, 0.5) is 17.6 Å². The van der Waals surface area contributed by atoms with Crippen LogP contribution in [-0.2, 0) is 6.18 Å². The zero-order chi connectivity index (χ0) is 20.5. The molecule has 0 aliphatic carbocycles. The van der Waals surface area contributed by atoms with Crippen LogP contribution in [0.2, 0.25) is 0 Å². The number of pyridine rings is 1. The van der Waals surface area contributed by atoms with E-state index >= 15 is 0 Å². The summed E-state index contributed by atoms with van der Waals surface area (Å²) in [6, 6.07) is 8.86. The molecular weight excluding hydrogens is 378 g/mol. The van der Waals surface area contributed by atoms with E-state index < -0.39 is 29.6 Å². The third kappa shape index (κ3) is 4.05. The molecular formula is C20H14F4NO3-. The summed E-state index contributed by atoms with van der Waals surface area (Å²) in [4.78, 5) is 14.9. The largest absolute Gasteiger partial charge is 0.545 e. The molecule has 0 aliphatic rings. The Bertz CT molecular complexity index is 1030. The molecule has 1 heterocycles. The van der Waals surface area contributed by atoms with Gasteiger partial charge in [0.2, 0.25) is 0 Å². The highest BCUT2D eigenvalue weighted by molar-refractivity contribution is 5.91. The summed E-state index contributed by atoms with van der Waals surface area (Å²) < 4.78 is 58.1. The molecule has 0 saturated carbocycles. The summed E-state index contributed by atoms with van der Waals surface area (Å²) in [5, 5.41) is 11.4. The average Bonchev–Trinajstić information content (AvgIpc) is 2.65. The molecule has 1 aromatic heterocycles. The molecule has 0 N–H and O–H groups in total. The van der Waals surface area contributed by atoms with Crippen LogP contribution in [0, 0.1) is 5.82 Å². The number of fused-ring (bicyclic) bond motifs is 1. The third-order valence-electron chi connectivity index (χ3n) is 4.21. The monoisotopic (exact) mass is 392 g/mol. The van der Waals surface area contributed by atoms with Crippen molar-refractivity contribution in [2.24, 2.45) is 0 Å². The van der Waals surface area contributed by atoms with E-state index in [4.69, 9.17) is 4.74 Å². The number of carbonyl (C=O) groups is 1. The lowest BCUT2D eigenvalue weighted by molar-refractivity contribution is -0.255. The van der Waals surface area contributed by atoms with Crippen molar-refractivity contribution in [1.82, 2.24) is 4.98 Å². The number of aromatic carboxylic acids is 1. The van der Waals surface area contributed by atoms with Gasteiger partial charge in [0.1, 0.15) is 17.7 Å². The highest BCUT2D eigenvalue weighted by atomic mass is 19.4. The van der Waals surface area contributed by atoms with Gasteiger partial charge >= 0.3 is 6.18 Å². The van der Waals surface area contributed by atoms with Crippen LogP contribution < -0.4 is 9.84 Å². The number of benzene rings is 2. The quantitative estimate of drug-likeness (QED) is 0.608. The van der Waals surface area contributed by atoms with Gasteiger partial charge < -0.3 is 14.6 Å². The Hall–Kier alpha value is -3.16. The fraction of sp³-hybridized carbons (Fsp3) is 0.200. The number of ether oxygens (including phenoxy) is 1. The van der Waals surface area contributed by atoms with E-state index in [2.05, 4.69) is 4.98 Å². The van der Waals surface area contributed by atoms with Crippen molar-refractivity contribution in [3.8, 4) is 5.75 Å². The van der Waals surface area contributed by atoms with Crippen molar-refractivity contribution in [3.05, 3.63) is 71.2 Å². The number of hydrogen-bond acceptors (Lipinski definition) is 4. The predicted molar refractivity (Wildman–Crippen MR) is 91.1 cm³/mol. The Morgan fingerprint density at radius 1 is 1.18 bits per heavy atom. The van der Waals surface area contributed by atoms with Gasteiger partial charge in [0.25, 0.3) is 0 Å². The predicted octanol–water partition coefficient (Wildman–Crippen LogP) is 4.29. The standard InChI is InChI=1S/C20H15F4NO3/c1-2-18(12-4-6-16(21)15(8-12)20(22,23)24)28-14-5-3-11-7-13(19(26)27)10-25-17(11)9-14/h3-10,18H,2H2,1H3,(H,26,27)/p-1. The zero-order valence-electron chi connectivity index (χ0n) is 14.6. The Balaban J connectivity index is 1.91. The molecule has 0 bridgehead atoms. The van der Waals surface area contributed by atoms with Crippen molar-refractivity contribution in [2.75, 3.05) is 0 Å². The van der Waals surface area contributed by atoms with E-state index in [0.29, 0.717) is 23.1 Å². The number of carbonyl (C=O) groups excluding carboxylic acids is 1. The van der Waals surface area contributed by atoms with E-state index in [1.54, 1.807) is 25.1 Å². The molecule has 146 valence electrons. The smallest absolute Gasteiger partial charge is 0.419 e. The first kappa shape index (κ1) is 19.6. The average molecular weight is 392 g/mol. The first-order chi connectivity index (χ1) is 13.2. The summed E-state index contributed by atoms with van der Waals surface area (Å²) in [7, 11) is 0. The van der Waals surface area contributed by atoms with Gasteiger partial charge in [0.15, 0.2) is 0 Å². The highest BCUT2D eigenvalue weighted by Crippen LogP contribution is 2.35. The Morgan fingerprint density at radius 2 is 1.93 bits per heavy atom. The Morgan fingerprint density at radius 3 is 2.57 bits per heavy atom. The molecule has 0 saturated heterocycles. The van der Waals surface area contributed by atoms with Crippen molar-refractivity contribution >= 4 is 16.9 Å². The van der Waals surface area contributed by atoms with Crippen LogP contribution in [0.5, 0.6) is 5.75 Å². The first-order valence-electron chi connectivity index (χ1n) is 8.33. The van der Waals surface area contributed by atoms with E-state index in [-0.39, 0.29) is 11.1 Å².